The van der Waals surface area contributed by atoms with Gasteiger partial charge in [0.1, 0.15) is 36.2 Å². The number of aromatic hydroxyl groups is 2. The quantitative estimate of drug-likeness (QED) is 0.359. The average molecular weight is 420 g/mol. The van der Waals surface area contributed by atoms with E-state index in [1.54, 1.807) is 18.2 Å². The molecule has 31 heavy (non-hydrogen) atoms. The third-order valence-electron chi connectivity index (χ3n) is 5.27. The molecule has 0 heterocycles. The van der Waals surface area contributed by atoms with Crippen molar-refractivity contribution in [1.82, 2.24) is 0 Å². The topological polar surface area (TPSA) is 99.4 Å². The molecular formula is C25H24O6. The molecule has 0 aromatic heterocycles. The van der Waals surface area contributed by atoms with E-state index in [1.165, 1.54) is 0 Å². The molecule has 6 heteroatoms. The van der Waals surface area contributed by atoms with Crippen LogP contribution in [0.1, 0.15) is 5.56 Å². The summed E-state index contributed by atoms with van der Waals surface area (Å²) in [5, 5.41) is 43.3. The molecule has 4 rings (SSSR count). The minimum atomic E-state index is -0.149. The van der Waals surface area contributed by atoms with E-state index in [-0.39, 0.29) is 37.9 Å². The fraction of sp³-hybridized carbons (Fsp3) is 0.200. The van der Waals surface area contributed by atoms with Crippen LogP contribution in [0.5, 0.6) is 23.0 Å². The Balaban J connectivity index is 2.03. The zero-order valence-electron chi connectivity index (χ0n) is 17.1. The second-order valence-electron chi connectivity index (χ2n) is 7.23. The van der Waals surface area contributed by atoms with Gasteiger partial charge in [-0.05, 0) is 24.6 Å². The number of benzene rings is 4. The van der Waals surface area contributed by atoms with E-state index >= 15 is 0 Å². The lowest BCUT2D eigenvalue weighted by molar-refractivity contribution is 0.202. The van der Waals surface area contributed by atoms with Crippen molar-refractivity contribution in [2.24, 2.45) is 0 Å². The van der Waals surface area contributed by atoms with Crippen LogP contribution in [0.15, 0.2) is 54.6 Å². The monoisotopic (exact) mass is 420 g/mol. The lowest BCUT2D eigenvalue weighted by atomic mass is 9.93. The summed E-state index contributed by atoms with van der Waals surface area (Å²) >= 11 is 0. The number of ether oxygens (including phenoxy) is 2. The van der Waals surface area contributed by atoms with E-state index in [0.29, 0.717) is 44.2 Å². The van der Waals surface area contributed by atoms with Crippen LogP contribution in [-0.2, 0) is 0 Å². The highest BCUT2D eigenvalue weighted by Gasteiger charge is 2.21. The number of fused-ring (bicyclic) bond motifs is 2. The first-order valence-electron chi connectivity index (χ1n) is 10.0. The summed E-state index contributed by atoms with van der Waals surface area (Å²) in [5.41, 5.74) is 1.61. The molecule has 6 nitrogen and oxygen atoms in total. The largest absolute Gasteiger partial charge is 0.507 e. The Morgan fingerprint density at radius 3 is 1.87 bits per heavy atom. The summed E-state index contributed by atoms with van der Waals surface area (Å²) in [6.45, 7) is 1.79. The molecule has 0 bridgehead atoms. The molecule has 160 valence electrons. The molecule has 4 aromatic rings. The van der Waals surface area contributed by atoms with Crippen LogP contribution >= 0.6 is 0 Å². The Labute approximate surface area is 179 Å². The number of hydrogen-bond acceptors (Lipinski definition) is 6. The van der Waals surface area contributed by atoms with Gasteiger partial charge in [0.15, 0.2) is 0 Å². The Hall–Kier alpha value is -3.48. The second-order valence-corrected chi connectivity index (χ2v) is 7.23. The Morgan fingerprint density at radius 2 is 1.23 bits per heavy atom. The fourth-order valence-corrected chi connectivity index (χ4v) is 3.89. The van der Waals surface area contributed by atoms with Crippen molar-refractivity contribution >= 4 is 21.5 Å². The van der Waals surface area contributed by atoms with Crippen molar-refractivity contribution < 1.29 is 29.9 Å². The SMILES string of the molecule is Cc1cccc2c(OCCO)cc(-c3cc(OCCO)c4ccccc4c3O)c(O)c12. The minimum Gasteiger partial charge on any atom is -0.507 e. The molecule has 0 atom stereocenters. The summed E-state index contributed by atoms with van der Waals surface area (Å²) < 4.78 is 11.5. The molecule has 0 aliphatic rings. The van der Waals surface area contributed by atoms with Crippen molar-refractivity contribution in [2.75, 3.05) is 26.4 Å². The molecule has 0 radical (unpaired) electrons. The highest BCUT2D eigenvalue weighted by molar-refractivity contribution is 6.05. The van der Waals surface area contributed by atoms with E-state index in [2.05, 4.69) is 0 Å². The zero-order valence-corrected chi connectivity index (χ0v) is 17.1. The van der Waals surface area contributed by atoms with Crippen molar-refractivity contribution in [3.05, 3.63) is 60.2 Å². The van der Waals surface area contributed by atoms with Crippen LogP contribution in [0.4, 0.5) is 0 Å². The fourth-order valence-electron chi connectivity index (χ4n) is 3.89. The van der Waals surface area contributed by atoms with Gasteiger partial charge in [0.25, 0.3) is 0 Å². The lowest BCUT2D eigenvalue weighted by Gasteiger charge is -2.18. The predicted molar refractivity (Wildman–Crippen MR) is 120 cm³/mol. The van der Waals surface area contributed by atoms with Gasteiger partial charge in [-0.3, -0.25) is 0 Å². The molecule has 0 fully saturated rings. The summed E-state index contributed by atoms with van der Waals surface area (Å²) in [5.74, 6) is 0.997. The number of aryl methyl sites for hydroxylation is 1. The van der Waals surface area contributed by atoms with E-state index in [1.807, 2.05) is 43.3 Å². The number of rotatable bonds is 7. The maximum atomic E-state index is 11.2. The van der Waals surface area contributed by atoms with Crippen LogP contribution in [0, 0.1) is 6.92 Å². The first kappa shape index (κ1) is 20.8. The third-order valence-corrected chi connectivity index (χ3v) is 5.27. The molecular weight excluding hydrogens is 396 g/mol. The molecule has 0 unspecified atom stereocenters. The molecule has 0 amide bonds. The smallest absolute Gasteiger partial charge is 0.131 e. The van der Waals surface area contributed by atoms with Crippen LogP contribution < -0.4 is 9.47 Å². The van der Waals surface area contributed by atoms with Gasteiger partial charge in [-0.1, -0.05) is 42.5 Å². The summed E-state index contributed by atoms with van der Waals surface area (Å²) in [7, 11) is 0. The maximum Gasteiger partial charge on any atom is 0.131 e. The van der Waals surface area contributed by atoms with E-state index in [4.69, 9.17) is 9.47 Å². The van der Waals surface area contributed by atoms with Gasteiger partial charge in [0.05, 0.1) is 13.2 Å². The molecule has 0 aliphatic heterocycles. The maximum absolute atomic E-state index is 11.2. The predicted octanol–water partition coefficient (Wildman–Crippen LogP) is 4.12. The summed E-state index contributed by atoms with van der Waals surface area (Å²) in [6, 6.07) is 16.2. The molecule has 0 spiro atoms. The van der Waals surface area contributed by atoms with Gasteiger partial charge in [-0.25, -0.2) is 0 Å². The van der Waals surface area contributed by atoms with Gasteiger partial charge in [0.2, 0.25) is 0 Å². The van der Waals surface area contributed by atoms with Crippen molar-refractivity contribution in [1.29, 1.82) is 0 Å². The van der Waals surface area contributed by atoms with Gasteiger partial charge in [-0.15, -0.1) is 0 Å². The highest BCUT2D eigenvalue weighted by Crippen LogP contribution is 2.48. The van der Waals surface area contributed by atoms with Crippen LogP contribution in [0.2, 0.25) is 0 Å². The second kappa shape index (κ2) is 8.71. The molecule has 0 aliphatic carbocycles. The normalized spacial score (nSPS) is 11.2. The first-order valence-corrected chi connectivity index (χ1v) is 10.0. The number of aliphatic hydroxyl groups is 2. The van der Waals surface area contributed by atoms with E-state index < -0.39 is 0 Å². The van der Waals surface area contributed by atoms with Gasteiger partial charge in [-0.2, -0.15) is 0 Å². The zero-order chi connectivity index (χ0) is 22.0. The standard InChI is InChI=1S/C25H24O6/c1-15-5-4-8-18-22(31-12-10-27)14-20(25(29)23(15)18)19-13-21(30-11-9-26)16-6-2-3-7-17(16)24(19)28/h2-8,13-14,26-29H,9-12H2,1H3. The molecule has 0 saturated heterocycles. The third kappa shape index (κ3) is 3.71. The minimum absolute atomic E-state index is 0.00305. The van der Waals surface area contributed by atoms with Crippen LogP contribution in [0.25, 0.3) is 32.7 Å². The number of phenols is 2. The van der Waals surface area contributed by atoms with Crippen LogP contribution in [-0.4, -0.2) is 46.9 Å². The lowest BCUT2D eigenvalue weighted by Crippen LogP contribution is -2.03. The number of aliphatic hydroxyl groups excluding tert-OH is 2. The highest BCUT2D eigenvalue weighted by atomic mass is 16.5. The van der Waals surface area contributed by atoms with Gasteiger partial charge in [0, 0.05) is 32.7 Å². The number of hydrogen-bond donors (Lipinski definition) is 4. The van der Waals surface area contributed by atoms with Gasteiger partial charge < -0.3 is 29.9 Å². The summed E-state index contributed by atoms with van der Waals surface area (Å²) in [6.07, 6.45) is 0. The molecule has 4 N–H and O–H groups in total. The first-order chi connectivity index (χ1) is 15.1. The average Bonchev–Trinajstić information content (AvgIpc) is 2.79. The Bertz CT molecular complexity index is 1250. The van der Waals surface area contributed by atoms with E-state index in [9.17, 15) is 20.4 Å². The van der Waals surface area contributed by atoms with Crippen molar-refractivity contribution in [2.45, 2.75) is 6.92 Å². The molecule has 4 aromatic carbocycles. The van der Waals surface area contributed by atoms with Crippen molar-refractivity contribution in [3.8, 4) is 34.1 Å². The molecule has 0 saturated carbocycles. The van der Waals surface area contributed by atoms with E-state index in [0.717, 1.165) is 5.56 Å². The van der Waals surface area contributed by atoms with Crippen LogP contribution in [0.3, 0.4) is 0 Å². The summed E-state index contributed by atoms with van der Waals surface area (Å²) in [4.78, 5) is 0. The Morgan fingerprint density at radius 1 is 0.677 bits per heavy atom. The van der Waals surface area contributed by atoms with Gasteiger partial charge >= 0.3 is 0 Å². The Kier molecular flexibility index (Phi) is 5.84. The van der Waals surface area contributed by atoms with Crippen molar-refractivity contribution in [3.63, 3.8) is 0 Å². The number of phenolic OH excluding ortho intramolecular Hbond substituents is 2.